The van der Waals surface area contributed by atoms with E-state index in [2.05, 4.69) is 10.6 Å². The van der Waals surface area contributed by atoms with Crippen LogP contribution in [-0.4, -0.2) is 71.4 Å². The molecule has 0 aliphatic carbocycles. The van der Waals surface area contributed by atoms with Crippen LogP contribution in [0.3, 0.4) is 0 Å². The highest BCUT2D eigenvalue weighted by molar-refractivity contribution is 7.99. The van der Waals surface area contributed by atoms with Crippen LogP contribution in [0.2, 0.25) is 0 Å². The van der Waals surface area contributed by atoms with Crippen LogP contribution in [0.1, 0.15) is 11.1 Å². The third-order valence-electron chi connectivity index (χ3n) is 4.09. The summed E-state index contributed by atoms with van der Waals surface area (Å²) in [5, 5.41) is 22.3. The summed E-state index contributed by atoms with van der Waals surface area (Å²) >= 11 is 1.81. The maximum atomic E-state index is 12.2. The maximum Gasteiger partial charge on any atom is 0.242 e. The van der Waals surface area contributed by atoms with E-state index in [1.807, 2.05) is 11.8 Å². The number of carbonyl (C=O) groups is 2. The summed E-state index contributed by atoms with van der Waals surface area (Å²) in [4.78, 5) is 26.0. The van der Waals surface area contributed by atoms with E-state index in [0.717, 1.165) is 17.1 Å². The van der Waals surface area contributed by atoms with Crippen LogP contribution < -0.4 is 16.4 Å². The lowest BCUT2D eigenvalue weighted by Crippen LogP contribution is -2.50. The Bertz CT molecular complexity index is 638. The zero-order valence-corrected chi connectivity index (χ0v) is 16.6. The predicted octanol–water partition coefficient (Wildman–Crippen LogP) is -0.465. The molecule has 1 aromatic rings. The van der Waals surface area contributed by atoms with E-state index in [9.17, 15) is 14.7 Å². The molecule has 0 spiro atoms. The molecule has 0 bridgehead atoms. The minimum atomic E-state index is -0.799. The Hall–Kier alpha value is -1.81. The summed E-state index contributed by atoms with van der Waals surface area (Å²) in [6, 6.07) is 6.25. The van der Waals surface area contributed by atoms with E-state index in [1.165, 1.54) is 0 Å². The fourth-order valence-electron chi connectivity index (χ4n) is 2.49. The Morgan fingerprint density at radius 3 is 2.44 bits per heavy atom. The normalized spacial score (nSPS) is 14.8. The molecule has 27 heavy (non-hydrogen) atoms. The number of hydrogen-bond donors (Lipinski definition) is 5. The van der Waals surface area contributed by atoms with Crippen LogP contribution in [0, 0.1) is 5.41 Å². The van der Waals surface area contributed by atoms with Gasteiger partial charge in [-0.15, -0.1) is 12.4 Å². The maximum absolute atomic E-state index is 12.2. The van der Waals surface area contributed by atoms with Crippen molar-refractivity contribution in [2.75, 3.05) is 37.7 Å². The minimum Gasteiger partial charge on any atom is -0.394 e. The van der Waals surface area contributed by atoms with Crippen molar-refractivity contribution in [3.05, 3.63) is 35.4 Å². The van der Waals surface area contributed by atoms with Gasteiger partial charge in [0.1, 0.15) is 11.9 Å². The molecule has 0 saturated carbocycles. The fourth-order valence-corrected chi connectivity index (χ4v) is 3.40. The highest BCUT2D eigenvalue weighted by Gasteiger charge is 2.20. The number of nitrogen functional groups attached to an aromatic ring is 1. The lowest BCUT2D eigenvalue weighted by atomic mass is 10.1. The van der Waals surface area contributed by atoms with E-state index in [0.29, 0.717) is 25.2 Å². The van der Waals surface area contributed by atoms with Crippen molar-refractivity contribution in [2.45, 2.75) is 12.6 Å². The minimum absolute atomic E-state index is 0. The number of rotatable bonds is 8. The van der Waals surface area contributed by atoms with Gasteiger partial charge >= 0.3 is 0 Å². The number of amides is 2. The third kappa shape index (κ3) is 7.37. The van der Waals surface area contributed by atoms with Crippen molar-refractivity contribution in [1.29, 1.82) is 5.41 Å². The van der Waals surface area contributed by atoms with E-state index in [4.69, 9.17) is 11.1 Å². The molecular weight excluding hydrogens is 390 g/mol. The van der Waals surface area contributed by atoms with Gasteiger partial charge in [-0.3, -0.25) is 20.3 Å². The van der Waals surface area contributed by atoms with Gasteiger partial charge < -0.3 is 21.1 Å². The van der Waals surface area contributed by atoms with E-state index >= 15 is 0 Å². The van der Waals surface area contributed by atoms with Crippen LogP contribution in [0.25, 0.3) is 0 Å². The molecule has 1 fully saturated rings. The smallest absolute Gasteiger partial charge is 0.242 e. The van der Waals surface area contributed by atoms with Gasteiger partial charge in [-0.2, -0.15) is 11.8 Å². The molecule has 1 aliphatic rings. The molecular formula is C17H26ClN5O3S. The van der Waals surface area contributed by atoms with Gasteiger partial charge in [0.25, 0.3) is 0 Å². The number of halogens is 1. The second kappa shape index (κ2) is 11.8. The molecule has 1 atom stereocenters. The summed E-state index contributed by atoms with van der Waals surface area (Å²) in [5.41, 5.74) is 6.93. The van der Waals surface area contributed by atoms with Crippen molar-refractivity contribution in [3.8, 4) is 0 Å². The lowest BCUT2D eigenvalue weighted by molar-refractivity contribution is -0.133. The summed E-state index contributed by atoms with van der Waals surface area (Å²) in [7, 11) is 0. The average Bonchev–Trinajstić information content (AvgIpc) is 2.67. The molecule has 2 amide bonds. The fraction of sp³-hybridized carbons (Fsp3) is 0.471. The number of aliphatic hydroxyl groups excluding tert-OH is 1. The van der Waals surface area contributed by atoms with Crippen molar-refractivity contribution < 1.29 is 14.7 Å². The molecule has 1 unspecified atom stereocenters. The molecule has 0 radical (unpaired) electrons. The van der Waals surface area contributed by atoms with Gasteiger partial charge in [-0.25, -0.2) is 0 Å². The van der Waals surface area contributed by atoms with Crippen LogP contribution >= 0.6 is 24.2 Å². The summed E-state index contributed by atoms with van der Waals surface area (Å²) in [6.07, 6.45) is 0. The van der Waals surface area contributed by atoms with Gasteiger partial charge in [0.15, 0.2) is 0 Å². The predicted molar refractivity (Wildman–Crippen MR) is 109 cm³/mol. The van der Waals surface area contributed by atoms with Gasteiger partial charge in [0.2, 0.25) is 11.8 Å². The Balaban J connectivity index is 0.00000364. The monoisotopic (exact) mass is 415 g/mol. The van der Waals surface area contributed by atoms with Gasteiger partial charge in [-0.1, -0.05) is 24.3 Å². The second-order valence-corrected chi connectivity index (χ2v) is 7.16. The molecule has 150 valence electrons. The second-order valence-electron chi connectivity index (χ2n) is 5.94. The molecule has 2 rings (SSSR count). The highest BCUT2D eigenvalue weighted by atomic mass is 35.5. The number of nitrogens with one attached hydrogen (secondary N) is 3. The summed E-state index contributed by atoms with van der Waals surface area (Å²) in [5.74, 6) is 1.32. The van der Waals surface area contributed by atoms with E-state index < -0.39 is 11.9 Å². The Morgan fingerprint density at radius 1 is 1.26 bits per heavy atom. The Labute approximate surface area is 169 Å². The van der Waals surface area contributed by atoms with Gasteiger partial charge in [0.05, 0.1) is 13.2 Å². The number of thioether (sulfide) groups is 1. The number of aliphatic hydroxyl groups is 1. The summed E-state index contributed by atoms with van der Waals surface area (Å²) in [6.45, 7) is 1.35. The van der Waals surface area contributed by atoms with Crippen molar-refractivity contribution in [2.24, 2.45) is 5.73 Å². The molecule has 0 aromatic heterocycles. The van der Waals surface area contributed by atoms with Gasteiger partial charge in [-0.05, 0) is 5.56 Å². The van der Waals surface area contributed by atoms with Crippen molar-refractivity contribution in [3.63, 3.8) is 0 Å². The molecule has 8 nitrogen and oxygen atoms in total. The number of nitrogens with zero attached hydrogens (tertiary/aromatic N) is 1. The SMILES string of the molecule is Cl.N=C(N)c1ccc(CNC(CO)C(=O)NCC(=O)N2CCSCC2)cc1. The first-order valence-electron chi connectivity index (χ1n) is 8.42. The van der Waals surface area contributed by atoms with Crippen LogP contribution in [0.5, 0.6) is 0 Å². The van der Waals surface area contributed by atoms with Gasteiger partial charge in [0, 0.05) is 36.7 Å². The first-order valence-corrected chi connectivity index (χ1v) is 9.57. The quantitative estimate of drug-likeness (QED) is 0.288. The van der Waals surface area contributed by atoms with E-state index in [1.54, 1.807) is 29.2 Å². The molecule has 10 heteroatoms. The van der Waals surface area contributed by atoms with Crippen LogP contribution in [0.15, 0.2) is 24.3 Å². The summed E-state index contributed by atoms with van der Waals surface area (Å²) < 4.78 is 0. The first kappa shape index (κ1) is 23.2. The standard InChI is InChI=1S/C17H25N5O3S.ClH/c18-16(19)13-3-1-12(2-4-13)9-20-14(11-23)17(25)21-10-15(24)22-5-7-26-8-6-22;/h1-4,14,20,23H,5-11H2,(H3,18,19)(H,21,25);1H. The number of nitrogens with two attached hydrogens (primary N) is 1. The number of benzene rings is 1. The first-order chi connectivity index (χ1) is 12.5. The molecule has 6 N–H and O–H groups in total. The molecule has 1 heterocycles. The number of hydrogen-bond acceptors (Lipinski definition) is 6. The lowest BCUT2D eigenvalue weighted by Gasteiger charge is -2.26. The van der Waals surface area contributed by atoms with Crippen LogP contribution in [-0.2, 0) is 16.1 Å². The highest BCUT2D eigenvalue weighted by Crippen LogP contribution is 2.08. The molecule has 1 aromatic carbocycles. The third-order valence-corrected chi connectivity index (χ3v) is 5.04. The Kier molecular flexibility index (Phi) is 10.2. The van der Waals surface area contributed by atoms with Crippen molar-refractivity contribution >= 4 is 41.8 Å². The topological polar surface area (TPSA) is 132 Å². The van der Waals surface area contributed by atoms with E-state index in [-0.39, 0.29) is 37.3 Å². The molecule has 1 aliphatic heterocycles. The number of carbonyl (C=O) groups excluding carboxylic acids is 2. The largest absolute Gasteiger partial charge is 0.394 e. The zero-order chi connectivity index (χ0) is 18.9. The van der Waals surface area contributed by atoms with Crippen molar-refractivity contribution in [1.82, 2.24) is 15.5 Å². The van der Waals surface area contributed by atoms with Crippen LogP contribution in [0.4, 0.5) is 0 Å². The number of amidine groups is 1. The zero-order valence-electron chi connectivity index (χ0n) is 14.9. The molecule has 1 saturated heterocycles. The average molecular weight is 416 g/mol. The Morgan fingerprint density at radius 2 is 1.89 bits per heavy atom.